The van der Waals surface area contributed by atoms with Crippen LogP contribution in [0.25, 0.3) is 11.3 Å². The van der Waals surface area contributed by atoms with Gasteiger partial charge in [0.1, 0.15) is 12.1 Å². The minimum absolute atomic E-state index is 0.104. The van der Waals surface area contributed by atoms with E-state index in [1.54, 1.807) is 6.07 Å². The lowest BCUT2D eigenvalue weighted by Gasteiger charge is -2.09. The van der Waals surface area contributed by atoms with Crippen molar-refractivity contribution in [2.75, 3.05) is 0 Å². The van der Waals surface area contributed by atoms with Crippen molar-refractivity contribution in [1.29, 1.82) is 0 Å². The van der Waals surface area contributed by atoms with E-state index < -0.39 is 0 Å². The molecule has 3 nitrogen and oxygen atoms in total. The molecule has 0 amide bonds. The van der Waals surface area contributed by atoms with E-state index >= 15 is 0 Å². The van der Waals surface area contributed by atoms with Gasteiger partial charge in [0.2, 0.25) is 0 Å². The van der Waals surface area contributed by atoms with Gasteiger partial charge < -0.3 is 0 Å². The van der Waals surface area contributed by atoms with Crippen LogP contribution in [0.1, 0.15) is 17.3 Å². The van der Waals surface area contributed by atoms with Gasteiger partial charge in [0.05, 0.1) is 23.1 Å². The van der Waals surface area contributed by atoms with Crippen LogP contribution in [-0.4, -0.2) is 9.97 Å². The molecule has 0 aliphatic carbocycles. The fourth-order valence-electron chi connectivity index (χ4n) is 2.80. The summed E-state index contributed by atoms with van der Waals surface area (Å²) < 4.78 is 13.3. The van der Waals surface area contributed by atoms with Gasteiger partial charge in [0.25, 0.3) is 0 Å². The topological polar surface area (TPSA) is 39.9 Å². The molecule has 1 radical (unpaired) electrons. The summed E-state index contributed by atoms with van der Waals surface area (Å²) in [7, 11) is 0. The molecule has 0 N–H and O–H groups in total. The summed E-state index contributed by atoms with van der Waals surface area (Å²) in [5, 5.41) is 5.30. The number of halogens is 2. The van der Waals surface area contributed by atoms with Crippen LogP contribution in [0, 0.1) is 5.82 Å². The van der Waals surface area contributed by atoms with Gasteiger partial charge in [0.15, 0.2) is 0 Å². The largest absolute Gasteiger partial charge is 0.275 e. The minimum atomic E-state index is -0.234. The van der Waals surface area contributed by atoms with E-state index in [9.17, 15) is 4.39 Å². The minimum Gasteiger partial charge on any atom is -0.275 e. The second-order valence-electron chi connectivity index (χ2n) is 5.46. The third kappa shape index (κ3) is 2.78. The van der Waals surface area contributed by atoms with E-state index in [2.05, 4.69) is 15.3 Å². The molecule has 0 bridgehead atoms. The lowest BCUT2D eigenvalue weighted by molar-refractivity contribution is 0.624. The number of hydrogen-bond donors (Lipinski definition) is 0. The van der Waals surface area contributed by atoms with Crippen molar-refractivity contribution in [1.82, 2.24) is 15.3 Å². The van der Waals surface area contributed by atoms with Gasteiger partial charge in [-0.1, -0.05) is 23.7 Å². The van der Waals surface area contributed by atoms with Crippen LogP contribution in [0.2, 0.25) is 5.02 Å². The zero-order valence-corrected chi connectivity index (χ0v) is 12.8. The molecule has 1 aromatic heterocycles. The second-order valence-corrected chi connectivity index (χ2v) is 5.90. The lowest BCUT2D eigenvalue weighted by Crippen LogP contribution is -2.07. The molecule has 0 spiro atoms. The van der Waals surface area contributed by atoms with E-state index in [0.717, 1.165) is 28.2 Å². The summed E-state index contributed by atoms with van der Waals surface area (Å²) in [4.78, 5) is 8.66. The predicted molar refractivity (Wildman–Crippen MR) is 87.1 cm³/mol. The first-order chi connectivity index (χ1) is 11.2. The number of fused-ring (bicyclic) bond motifs is 1. The molecule has 0 saturated carbocycles. The van der Waals surface area contributed by atoms with E-state index in [4.69, 9.17) is 11.6 Å². The van der Waals surface area contributed by atoms with Gasteiger partial charge >= 0.3 is 0 Å². The monoisotopic (exact) mass is 324 g/mol. The number of benzene rings is 2. The molecule has 3 aromatic rings. The standard InChI is InChI=1S/C18H12ClFN3/c19-13-3-1-2-11(6-13)16-9-17(22-10-21-16)18-8-12-7-14(20)4-5-15(12)23-18/h1-7,9-10,18H,8H2. The van der Waals surface area contributed by atoms with Gasteiger partial charge in [-0.2, -0.15) is 0 Å². The molecule has 23 heavy (non-hydrogen) atoms. The van der Waals surface area contributed by atoms with Crippen LogP contribution >= 0.6 is 11.6 Å². The third-order valence-electron chi connectivity index (χ3n) is 3.90. The van der Waals surface area contributed by atoms with E-state index in [1.807, 2.05) is 30.3 Å². The smallest absolute Gasteiger partial charge is 0.123 e. The predicted octanol–water partition coefficient (Wildman–Crippen LogP) is 4.47. The maximum atomic E-state index is 13.3. The Balaban J connectivity index is 1.65. The quantitative estimate of drug-likeness (QED) is 0.697. The fourth-order valence-corrected chi connectivity index (χ4v) is 2.99. The summed E-state index contributed by atoms with van der Waals surface area (Å²) in [6.45, 7) is 0. The van der Waals surface area contributed by atoms with Crippen molar-refractivity contribution in [3.8, 4) is 11.3 Å². The van der Waals surface area contributed by atoms with E-state index in [0.29, 0.717) is 11.4 Å². The Morgan fingerprint density at radius 1 is 1.04 bits per heavy atom. The SMILES string of the molecule is Fc1ccc2c(c1)CC(c1cc(-c3cccc(Cl)c3)ncn1)[N]2. The highest BCUT2D eigenvalue weighted by atomic mass is 35.5. The zero-order chi connectivity index (χ0) is 15.8. The van der Waals surface area contributed by atoms with Crippen molar-refractivity contribution in [3.05, 3.63) is 77.0 Å². The Morgan fingerprint density at radius 2 is 1.96 bits per heavy atom. The Kier molecular flexibility index (Phi) is 3.46. The summed E-state index contributed by atoms with van der Waals surface area (Å²) in [6, 6.07) is 14.0. The molecule has 5 heteroatoms. The molecule has 0 saturated heterocycles. The molecule has 1 unspecified atom stereocenters. The molecule has 113 valence electrons. The number of rotatable bonds is 2. The Morgan fingerprint density at radius 3 is 2.83 bits per heavy atom. The van der Waals surface area contributed by atoms with Crippen molar-refractivity contribution in [2.45, 2.75) is 12.5 Å². The van der Waals surface area contributed by atoms with Crippen LogP contribution in [-0.2, 0) is 6.42 Å². The van der Waals surface area contributed by atoms with Gasteiger partial charge in [-0.25, -0.2) is 14.4 Å². The lowest BCUT2D eigenvalue weighted by atomic mass is 10.1. The number of nitrogens with zero attached hydrogens (tertiary/aromatic N) is 3. The highest BCUT2D eigenvalue weighted by Crippen LogP contribution is 2.34. The molecule has 0 fully saturated rings. The van der Waals surface area contributed by atoms with Crippen molar-refractivity contribution >= 4 is 17.3 Å². The summed E-state index contributed by atoms with van der Waals surface area (Å²) >= 11 is 6.04. The first-order valence-electron chi connectivity index (χ1n) is 7.26. The normalized spacial score (nSPS) is 16.0. The highest BCUT2D eigenvalue weighted by Gasteiger charge is 2.25. The average molecular weight is 325 g/mol. The Hall–Kier alpha value is -2.46. The van der Waals surface area contributed by atoms with E-state index in [1.165, 1.54) is 18.5 Å². The average Bonchev–Trinajstić information content (AvgIpc) is 2.98. The number of aromatic nitrogens is 2. The maximum absolute atomic E-state index is 13.3. The van der Waals surface area contributed by atoms with Gasteiger partial charge in [0, 0.05) is 17.0 Å². The summed E-state index contributed by atoms with van der Waals surface area (Å²) in [5.41, 5.74) is 4.31. The van der Waals surface area contributed by atoms with Crippen LogP contribution in [0.15, 0.2) is 54.9 Å². The van der Waals surface area contributed by atoms with Crippen LogP contribution in [0.3, 0.4) is 0 Å². The van der Waals surface area contributed by atoms with Gasteiger partial charge in [-0.3, -0.25) is 5.32 Å². The molecule has 2 aromatic carbocycles. The van der Waals surface area contributed by atoms with E-state index in [-0.39, 0.29) is 11.9 Å². The van der Waals surface area contributed by atoms with Crippen molar-refractivity contribution in [3.63, 3.8) is 0 Å². The molecular formula is C18H12ClFN3. The third-order valence-corrected chi connectivity index (χ3v) is 4.13. The molecule has 1 aliphatic rings. The summed E-state index contributed by atoms with van der Waals surface area (Å²) in [5.74, 6) is -0.234. The zero-order valence-electron chi connectivity index (χ0n) is 12.1. The first-order valence-corrected chi connectivity index (χ1v) is 7.64. The molecule has 1 aliphatic heterocycles. The van der Waals surface area contributed by atoms with Crippen molar-refractivity contribution in [2.24, 2.45) is 0 Å². The molecule has 1 atom stereocenters. The van der Waals surface area contributed by atoms with Gasteiger partial charge in [-0.05, 0) is 42.0 Å². The molecule has 2 heterocycles. The summed E-state index contributed by atoms with van der Waals surface area (Å²) in [6.07, 6.45) is 2.18. The molecular weight excluding hydrogens is 313 g/mol. The van der Waals surface area contributed by atoms with Crippen molar-refractivity contribution < 1.29 is 4.39 Å². The fraction of sp³-hybridized carbons (Fsp3) is 0.111. The van der Waals surface area contributed by atoms with Crippen LogP contribution in [0.4, 0.5) is 10.1 Å². The van der Waals surface area contributed by atoms with Crippen LogP contribution < -0.4 is 5.32 Å². The number of hydrogen-bond acceptors (Lipinski definition) is 2. The highest BCUT2D eigenvalue weighted by molar-refractivity contribution is 6.30. The maximum Gasteiger partial charge on any atom is 0.123 e. The Bertz CT molecular complexity index is 882. The van der Waals surface area contributed by atoms with Gasteiger partial charge in [-0.15, -0.1) is 0 Å². The first kappa shape index (κ1) is 14.2. The van der Waals surface area contributed by atoms with Crippen LogP contribution in [0.5, 0.6) is 0 Å². The molecule has 4 rings (SSSR count). The Labute approximate surface area is 138 Å². The second kappa shape index (κ2) is 5.63.